The number of Topliss-reactive ketones (excluding diaryl/α,β-unsaturated/α-hetero) is 1. The molecule has 1 aromatic heterocycles. The van der Waals surface area contributed by atoms with E-state index >= 15 is 0 Å². The zero-order valence-corrected chi connectivity index (χ0v) is 16.7. The number of carbonyl (C=O) groups is 1. The van der Waals surface area contributed by atoms with Crippen molar-refractivity contribution in [3.8, 4) is 0 Å². The predicted octanol–water partition coefficient (Wildman–Crippen LogP) is 6.30. The second kappa shape index (κ2) is 8.33. The van der Waals surface area contributed by atoms with Crippen LogP contribution in [0, 0.1) is 11.3 Å². The number of pyridine rings is 1. The molecular formula is C24H33NO. The van der Waals surface area contributed by atoms with Crippen molar-refractivity contribution in [2.75, 3.05) is 0 Å². The van der Waals surface area contributed by atoms with Gasteiger partial charge in [0.25, 0.3) is 0 Å². The number of hydrogen-bond acceptors (Lipinski definition) is 2. The molecule has 0 radical (unpaired) electrons. The first-order chi connectivity index (χ1) is 12.4. The molecule has 2 heteroatoms. The van der Waals surface area contributed by atoms with E-state index in [-0.39, 0.29) is 5.41 Å². The van der Waals surface area contributed by atoms with Gasteiger partial charge in [-0.05, 0) is 53.5 Å². The van der Waals surface area contributed by atoms with Crippen LogP contribution in [-0.2, 0) is 17.6 Å². The molecule has 1 fully saturated rings. The standard InChI is InChI=1S/C24H33NO/c1-24(2,3)16-22(26)15-19-11-12-23-21(13-19)14-20(17-25-23)10-9-18-7-5-4-6-8-18/h11-14,17-18H,4-10,15-16H2,1-3H3. The van der Waals surface area contributed by atoms with E-state index in [0.717, 1.165) is 23.4 Å². The Morgan fingerprint density at radius 1 is 1.08 bits per heavy atom. The molecule has 3 rings (SSSR count). The summed E-state index contributed by atoms with van der Waals surface area (Å²) in [6, 6.07) is 8.55. The molecule has 0 aliphatic heterocycles. The second-order valence-corrected chi connectivity index (χ2v) is 9.37. The number of carbonyl (C=O) groups excluding carboxylic acids is 1. The maximum Gasteiger partial charge on any atom is 0.137 e. The summed E-state index contributed by atoms with van der Waals surface area (Å²) in [5, 5.41) is 1.17. The summed E-state index contributed by atoms with van der Waals surface area (Å²) in [5.41, 5.74) is 3.53. The maximum absolute atomic E-state index is 12.3. The summed E-state index contributed by atoms with van der Waals surface area (Å²) < 4.78 is 0. The van der Waals surface area contributed by atoms with Gasteiger partial charge in [0.1, 0.15) is 5.78 Å². The third kappa shape index (κ3) is 5.65. The van der Waals surface area contributed by atoms with E-state index in [4.69, 9.17) is 0 Å². The van der Waals surface area contributed by atoms with Gasteiger partial charge in [0.05, 0.1) is 5.52 Å². The Kier molecular flexibility index (Phi) is 6.11. The van der Waals surface area contributed by atoms with Crippen LogP contribution in [-0.4, -0.2) is 10.8 Å². The first-order valence-corrected chi connectivity index (χ1v) is 10.3. The molecule has 0 spiro atoms. The van der Waals surface area contributed by atoms with Crippen LogP contribution < -0.4 is 0 Å². The van der Waals surface area contributed by atoms with Gasteiger partial charge in [-0.3, -0.25) is 9.78 Å². The summed E-state index contributed by atoms with van der Waals surface area (Å²) in [7, 11) is 0. The summed E-state index contributed by atoms with van der Waals surface area (Å²) in [4.78, 5) is 16.9. The minimum Gasteiger partial charge on any atom is -0.299 e. The topological polar surface area (TPSA) is 30.0 Å². The van der Waals surface area contributed by atoms with Gasteiger partial charge in [0.15, 0.2) is 0 Å². The molecule has 2 aromatic rings. The van der Waals surface area contributed by atoms with Crippen LogP contribution in [0.4, 0.5) is 0 Å². The summed E-state index contributed by atoms with van der Waals surface area (Å²) in [5.74, 6) is 1.22. The SMILES string of the molecule is CC(C)(C)CC(=O)Cc1ccc2ncc(CCC3CCCCC3)cc2c1. The number of rotatable bonds is 6. The monoisotopic (exact) mass is 351 g/mol. The van der Waals surface area contributed by atoms with Crippen molar-refractivity contribution in [3.05, 3.63) is 41.6 Å². The van der Waals surface area contributed by atoms with E-state index < -0.39 is 0 Å². The number of aryl methyl sites for hydroxylation is 1. The lowest BCUT2D eigenvalue weighted by Crippen LogP contribution is -2.14. The minimum atomic E-state index is 0.0573. The molecule has 0 N–H and O–H groups in total. The van der Waals surface area contributed by atoms with Gasteiger partial charge in [-0.2, -0.15) is 0 Å². The number of fused-ring (bicyclic) bond motifs is 1. The van der Waals surface area contributed by atoms with Crippen molar-refractivity contribution in [2.45, 2.75) is 78.6 Å². The molecule has 0 bridgehead atoms. The smallest absolute Gasteiger partial charge is 0.137 e. The molecule has 0 saturated heterocycles. The van der Waals surface area contributed by atoms with Crippen molar-refractivity contribution >= 4 is 16.7 Å². The summed E-state index contributed by atoms with van der Waals surface area (Å²) >= 11 is 0. The predicted molar refractivity (Wildman–Crippen MR) is 109 cm³/mol. The summed E-state index contributed by atoms with van der Waals surface area (Å²) in [6.45, 7) is 6.36. The van der Waals surface area contributed by atoms with Crippen molar-refractivity contribution in [1.29, 1.82) is 0 Å². The van der Waals surface area contributed by atoms with Gasteiger partial charge >= 0.3 is 0 Å². The van der Waals surface area contributed by atoms with Crippen LogP contribution >= 0.6 is 0 Å². The van der Waals surface area contributed by atoms with Crippen LogP contribution in [0.5, 0.6) is 0 Å². The third-order valence-electron chi connectivity index (χ3n) is 5.50. The van der Waals surface area contributed by atoms with E-state index in [0.29, 0.717) is 18.6 Å². The van der Waals surface area contributed by atoms with Crippen LogP contribution in [0.2, 0.25) is 0 Å². The number of nitrogens with zero attached hydrogens (tertiary/aromatic N) is 1. The Bertz CT molecular complexity index is 750. The Hall–Kier alpha value is -1.70. The molecule has 1 heterocycles. The zero-order valence-electron chi connectivity index (χ0n) is 16.7. The highest BCUT2D eigenvalue weighted by Gasteiger charge is 2.16. The molecule has 1 aliphatic rings. The molecule has 1 aliphatic carbocycles. The highest BCUT2D eigenvalue weighted by molar-refractivity contribution is 5.84. The molecule has 2 nitrogen and oxygen atoms in total. The van der Waals surface area contributed by atoms with E-state index in [1.807, 2.05) is 6.20 Å². The fourth-order valence-corrected chi connectivity index (χ4v) is 4.20. The zero-order chi connectivity index (χ0) is 18.6. The van der Waals surface area contributed by atoms with Gasteiger partial charge in [-0.1, -0.05) is 58.9 Å². The van der Waals surface area contributed by atoms with Crippen molar-refractivity contribution in [3.63, 3.8) is 0 Å². The Morgan fingerprint density at radius 2 is 1.81 bits per heavy atom. The van der Waals surface area contributed by atoms with E-state index in [1.54, 1.807) is 0 Å². The average molecular weight is 352 g/mol. The lowest BCUT2D eigenvalue weighted by molar-refractivity contribution is -0.120. The largest absolute Gasteiger partial charge is 0.299 e. The van der Waals surface area contributed by atoms with Crippen LogP contribution in [0.1, 0.15) is 76.8 Å². The van der Waals surface area contributed by atoms with Crippen molar-refractivity contribution in [1.82, 2.24) is 4.98 Å². The lowest BCUT2D eigenvalue weighted by Gasteiger charge is -2.21. The molecule has 1 saturated carbocycles. The van der Waals surface area contributed by atoms with Crippen molar-refractivity contribution < 1.29 is 4.79 Å². The molecule has 1 aromatic carbocycles. The molecule has 0 unspecified atom stereocenters. The fourth-order valence-electron chi connectivity index (χ4n) is 4.20. The van der Waals surface area contributed by atoms with Gasteiger partial charge in [-0.15, -0.1) is 0 Å². The second-order valence-electron chi connectivity index (χ2n) is 9.37. The quantitative estimate of drug-likeness (QED) is 0.611. The van der Waals surface area contributed by atoms with Gasteiger partial charge < -0.3 is 0 Å². The van der Waals surface area contributed by atoms with Crippen molar-refractivity contribution in [2.24, 2.45) is 11.3 Å². The number of ketones is 1. The summed E-state index contributed by atoms with van der Waals surface area (Å²) in [6.07, 6.45) is 12.7. The first kappa shape index (κ1) is 19.1. The highest BCUT2D eigenvalue weighted by atomic mass is 16.1. The maximum atomic E-state index is 12.3. The van der Waals surface area contributed by atoms with Gasteiger partial charge in [0, 0.05) is 24.4 Å². The first-order valence-electron chi connectivity index (χ1n) is 10.3. The van der Waals surface area contributed by atoms with Crippen LogP contribution in [0.25, 0.3) is 10.9 Å². The van der Waals surface area contributed by atoms with Gasteiger partial charge in [0.2, 0.25) is 0 Å². The van der Waals surface area contributed by atoms with E-state index in [1.165, 1.54) is 49.5 Å². The van der Waals surface area contributed by atoms with Gasteiger partial charge in [-0.25, -0.2) is 0 Å². The minimum absolute atomic E-state index is 0.0573. The average Bonchev–Trinajstić information content (AvgIpc) is 2.59. The van der Waals surface area contributed by atoms with Crippen LogP contribution in [0.3, 0.4) is 0 Å². The normalized spacial score (nSPS) is 16.1. The lowest BCUT2D eigenvalue weighted by atomic mass is 9.85. The Labute approximate surface area is 158 Å². The fraction of sp³-hybridized carbons (Fsp3) is 0.583. The molecule has 140 valence electrons. The van der Waals surface area contributed by atoms with Crippen LogP contribution in [0.15, 0.2) is 30.5 Å². The Morgan fingerprint density at radius 3 is 2.54 bits per heavy atom. The number of aromatic nitrogens is 1. The molecule has 0 atom stereocenters. The number of hydrogen-bond donors (Lipinski definition) is 0. The number of benzene rings is 1. The highest BCUT2D eigenvalue weighted by Crippen LogP contribution is 2.28. The molecule has 0 amide bonds. The third-order valence-corrected chi connectivity index (χ3v) is 5.50. The Balaban J connectivity index is 1.66. The van der Waals surface area contributed by atoms with E-state index in [9.17, 15) is 4.79 Å². The molecule has 26 heavy (non-hydrogen) atoms. The molecular weight excluding hydrogens is 318 g/mol. The van der Waals surface area contributed by atoms with E-state index in [2.05, 4.69) is 50.0 Å².